The Kier molecular flexibility index (Phi) is 2.25. The molecule has 0 nitrogen and oxygen atoms in total. The van der Waals surface area contributed by atoms with Crippen molar-refractivity contribution in [2.45, 2.75) is 20.3 Å². The molecule has 43 valence electrons. The summed E-state index contributed by atoms with van der Waals surface area (Å²) in [6.45, 7) is 4.40. The van der Waals surface area contributed by atoms with Crippen LogP contribution in [0.2, 0.25) is 0 Å². The summed E-state index contributed by atoms with van der Waals surface area (Å²) in [5, 5.41) is 0. The van der Waals surface area contributed by atoms with Crippen LogP contribution in [-0.4, -0.2) is 0 Å². The maximum absolute atomic E-state index is 2.30. The molecule has 1 aliphatic rings. The quantitative estimate of drug-likeness (QED) is 0.612. The van der Waals surface area contributed by atoms with E-state index in [1.807, 2.05) is 0 Å². The fraction of sp³-hybridized carbons (Fsp3) is 0.429. The molecule has 1 aliphatic carbocycles. The monoisotopic (exact) mass is 245 g/mol. The summed E-state index contributed by atoms with van der Waals surface area (Å²) in [4.78, 5) is 0. The first-order valence-electron chi connectivity index (χ1n) is 2.75. The Hall–Kier alpha value is 0.818. The molecule has 0 N–H and O–H groups in total. The van der Waals surface area contributed by atoms with Crippen molar-refractivity contribution < 1.29 is 38.3 Å². The zero-order valence-corrected chi connectivity index (χ0v) is 7.81. The molecule has 1 rings (SSSR count). The average molecular weight is 244 g/mol. The van der Waals surface area contributed by atoms with Crippen LogP contribution in [0.1, 0.15) is 20.3 Å². The van der Waals surface area contributed by atoms with Gasteiger partial charge in [0.2, 0.25) is 0 Å². The predicted molar refractivity (Wildman–Crippen MR) is 31.1 cm³/mol. The van der Waals surface area contributed by atoms with Gasteiger partial charge in [0.15, 0.2) is 0 Å². The van der Waals surface area contributed by atoms with E-state index in [0.717, 1.165) is 0 Å². The van der Waals surface area contributed by atoms with Crippen LogP contribution >= 0.6 is 0 Å². The van der Waals surface area contributed by atoms with Gasteiger partial charge in [-0.05, 0) is 0 Å². The molecule has 0 saturated carbocycles. The third-order valence-corrected chi connectivity index (χ3v) is 3.12. The van der Waals surface area contributed by atoms with Crippen LogP contribution in [-0.2, 0) is 0 Å². The Morgan fingerprint density at radius 3 is 2.25 bits per heavy atom. The zero-order chi connectivity index (χ0) is 6.15. The normalized spacial score (nSPS) is 19.5. The third-order valence-electron chi connectivity index (χ3n) is 1.60. The molecule has 0 aromatic heterocycles. The van der Waals surface area contributed by atoms with E-state index in [0.29, 0.717) is 0 Å². The van der Waals surface area contributed by atoms with Crippen LogP contribution in [0, 0.1) is 38.3 Å². The van der Waals surface area contributed by atoms with E-state index >= 15 is 0 Å². The minimum atomic E-state index is 1.22. The van der Waals surface area contributed by atoms with Crippen molar-refractivity contribution in [2.24, 2.45) is 0 Å². The summed E-state index contributed by atoms with van der Waals surface area (Å²) in [6, 6.07) is 0. The molecule has 1 heteroatoms. The van der Waals surface area contributed by atoms with Crippen molar-refractivity contribution in [2.75, 3.05) is 0 Å². The Bertz CT molecular complexity index is 158. The van der Waals surface area contributed by atoms with E-state index in [2.05, 4.69) is 19.9 Å². The topological polar surface area (TPSA) is 0 Å². The molecule has 0 amide bonds. The molecule has 0 fully saturated rings. The van der Waals surface area contributed by atoms with E-state index in [9.17, 15) is 0 Å². The molecule has 0 atom stereocenters. The Morgan fingerprint density at radius 2 is 2.12 bits per heavy atom. The minimum absolute atomic E-state index is 1.22. The van der Waals surface area contributed by atoms with Gasteiger partial charge < -0.3 is 0 Å². The number of hydrogen-bond acceptors (Lipinski definition) is 0. The maximum atomic E-state index is 2.30. The van der Waals surface area contributed by atoms with E-state index in [1.165, 1.54) is 17.6 Å². The number of allylic oxidation sites excluding steroid dienone is 4. The van der Waals surface area contributed by atoms with Crippen LogP contribution in [0.15, 0.2) is 18.5 Å². The van der Waals surface area contributed by atoms with Crippen molar-refractivity contribution in [1.29, 1.82) is 0 Å². The average Bonchev–Trinajstić information content (AvgIpc) is 1.98. The van der Waals surface area contributed by atoms with Gasteiger partial charge in [-0.2, -0.15) is 0 Å². The molecule has 0 unspecified atom stereocenters. The summed E-state index contributed by atoms with van der Waals surface area (Å²) in [5.41, 5.74) is 3.01. The second-order valence-electron chi connectivity index (χ2n) is 2.14. The van der Waals surface area contributed by atoms with Crippen LogP contribution in [0.4, 0.5) is 0 Å². The van der Waals surface area contributed by atoms with Crippen LogP contribution in [0.5, 0.6) is 0 Å². The standard InChI is InChI=1S/C7H9.Sm/c1-6-4-3-5-7(6)2;/h4H,3H2,1-2H3;. The molecule has 0 heterocycles. The molecule has 8 heavy (non-hydrogen) atoms. The van der Waals surface area contributed by atoms with Gasteiger partial charge in [0.05, 0.1) is 0 Å². The van der Waals surface area contributed by atoms with Gasteiger partial charge in [0.25, 0.3) is 0 Å². The molecular formula is C7H9Sm. The van der Waals surface area contributed by atoms with Gasteiger partial charge >= 0.3 is 77.1 Å². The SMILES string of the molecule is CC1=CC[C]([Sm])=C1C. The zero-order valence-electron chi connectivity index (χ0n) is 5.19. The van der Waals surface area contributed by atoms with Gasteiger partial charge in [-0.1, -0.05) is 0 Å². The van der Waals surface area contributed by atoms with Crippen molar-refractivity contribution in [3.63, 3.8) is 0 Å². The molecule has 0 aliphatic heterocycles. The molecule has 0 saturated heterocycles. The molecule has 0 aromatic carbocycles. The summed E-state index contributed by atoms with van der Waals surface area (Å²) >= 11 is 1.63. The van der Waals surface area contributed by atoms with Crippen molar-refractivity contribution in [3.8, 4) is 0 Å². The summed E-state index contributed by atoms with van der Waals surface area (Å²) in [5.74, 6) is 0. The van der Waals surface area contributed by atoms with E-state index in [1.54, 1.807) is 39.6 Å². The van der Waals surface area contributed by atoms with Gasteiger partial charge in [-0.25, -0.2) is 0 Å². The second kappa shape index (κ2) is 2.60. The first-order chi connectivity index (χ1) is 3.72. The first kappa shape index (κ1) is 6.93. The van der Waals surface area contributed by atoms with Crippen molar-refractivity contribution in [1.82, 2.24) is 0 Å². The van der Waals surface area contributed by atoms with E-state index < -0.39 is 0 Å². The molecular weight excluding hydrogens is 234 g/mol. The predicted octanol–water partition coefficient (Wildman–Crippen LogP) is 2.16. The van der Waals surface area contributed by atoms with Gasteiger partial charge in [0.1, 0.15) is 0 Å². The Labute approximate surface area is 76.3 Å². The number of rotatable bonds is 0. The number of hydrogen-bond donors (Lipinski definition) is 0. The van der Waals surface area contributed by atoms with E-state index in [4.69, 9.17) is 0 Å². The van der Waals surface area contributed by atoms with Crippen LogP contribution in [0.3, 0.4) is 0 Å². The van der Waals surface area contributed by atoms with Crippen LogP contribution in [0.25, 0.3) is 0 Å². The van der Waals surface area contributed by atoms with E-state index in [-0.39, 0.29) is 0 Å². The fourth-order valence-electron chi connectivity index (χ4n) is 0.772. The van der Waals surface area contributed by atoms with Gasteiger partial charge in [-0.15, -0.1) is 0 Å². The molecule has 0 spiro atoms. The second-order valence-corrected chi connectivity index (χ2v) is 3.72. The third kappa shape index (κ3) is 1.21. The summed E-state index contributed by atoms with van der Waals surface area (Å²) in [7, 11) is 0. The first-order valence-corrected chi connectivity index (χ1v) is 4.06. The Morgan fingerprint density at radius 1 is 1.50 bits per heavy atom. The van der Waals surface area contributed by atoms with Crippen molar-refractivity contribution >= 4 is 0 Å². The summed E-state index contributed by atoms with van der Waals surface area (Å²) < 4.78 is 1.61. The van der Waals surface area contributed by atoms with Gasteiger partial charge in [0, 0.05) is 0 Å². The fourth-order valence-corrected chi connectivity index (χ4v) is 1.56. The Balaban J connectivity index is 2.88. The molecule has 0 aromatic rings. The van der Waals surface area contributed by atoms with Crippen molar-refractivity contribution in [3.05, 3.63) is 18.5 Å². The summed E-state index contributed by atoms with van der Waals surface area (Å²) in [6.07, 6.45) is 3.52. The molecule has 0 radical (unpaired) electrons. The van der Waals surface area contributed by atoms with Gasteiger partial charge in [-0.3, -0.25) is 0 Å². The molecule has 0 bridgehead atoms. The van der Waals surface area contributed by atoms with Crippen LogP contribution < -0.4 is 0 Å².